The maximum absolute atomic E-state index is 12.6. The van der Waals surface area contributed by atoms with Crippen molar-refractivity contribution in [3.63, 3.8) is 0 Å². The number of hydrogen-bond donors (Lipinski definition) is 0. The Morgan fingerprint density at radius 2 is 1.94 bits per heavy atom. The highest BCUT2D eigenvalue weighted by atomic mass is 16.6. The van der Waals surface area contributed by atoms with Crippen LogP contribution in [0.2, 0.25) is 0 Å². The lowest BCUT2D eigenvalue weighted by Gasteiger charge is -2.35. The Morgan fingerprint density at radius 1 is 1.16 bits per heavy atom. The van der Waals surface area contributed by atoms with E-state index in [4.69, 9.17) is 9.47 Å². The molecular formula is C22H18N4O6. The number of hydrogen-bond acceptors (Lipinski definition) is 8. The van der Waals surface area contributed by atoms with Crippen molar-refractivity contribution in [1.29, 1.82) is 0 Å². The molecule has 162 valence electrons. The van der Waals surface area contributed by atoms with Crippen LogP contribution in [0.4, 0.5) is 5.69 Å². The molecule has 1 aliphatic heterocycles. The first-order valence-electron chi connectivity index (χ1n) is 9.49. The van der Waals surface area contributed by atoms with Gasteiger partial charge in [0.2, 0.25) is 0 Å². The average molecular weight is 434 g/mol. The van der Waals surface area contributed by atoms with Gasteiger partial charge in [0.15, 0.2) is 6.17 Å². The first-order valence-corrected chi connectivity index (χ1v) is 9.49. The first-order chi connectivity index (χ1) is 15.4. The van der Waals surface area contributed by atoms with Gasteiger partial charge >= 0.3 is 11.9 Å². The van der Waals surface area contributed by atoms with E-state index >= 15 is 0 Å². The van der Waals surface area contributed by atoms with Crippen LogP contribution in [0.5, 0.6) is 0 Å². The summed E-state index contributed by atoms with van der Waals surface area (Å²) in [6.45, 7) is 0. The minimum Gasteiger partial charge on any atom is -0.466 e. The number of esters is 2. The van der Waals surface area contributed by atoms with Crippen LogP contribution < -0.4 is 0 Å². The van der Waals surface area contributed by atoms with Gasteiger partial charge in [0.05, 0.1) is 36.9 Å². The molecule has 2 heterocycles. The maximum Gasteiger partial charge on any atom is 0.355 e. The number of methoxy groups -OCH3 is 2. The predicted molar refractivity (Wildman–Crippen MR) is 114 cm³/mol. The molecule has 0 bridgehead atoms. The molecule has 0 aliphatic carbocycles. The SMILES string of the molecule is COC(=O)/C=C(/C(=O)OC)N1C=Cc2ccccc2C1n1ncc2cc([N+](=O)[O-])ccc21. The Bertz CT molecular complexity index is 1290. The van der Waals surface area contributed by atoms with Crippen molar-refractivity contribution >= 4 is 34.6 Å². The van der Waals surface area contributed by atoms with Gasteiger partial charge in [-0.05, 0) is 17.7 Å². The summed E-state index contributed by atoms with van der Waals surface area (Å²) in [7, 11) is 2.42. The van der Waals surface area contributed by atoms with Gasteiger partial charge in [-0.2, -0.15) is 5.10 Å². The van der Waals surface area contributed by atoms with Gasteiger partial charge in [0.25, 0.3) is 5.69 Å². The smallest absolute Gasteiger partial charge is 0.355 e. The van der Waals surface area contributed by atoms with Crippen LogP contribution in [-0.2, 0) is 19.1 Å². The normalized spacial score (nSPS) is 15.4. The van der Waals surface area contributed by atoms with Crippen LogP contribution in [0.1, 0.15) is 17.3 Å². The monoisotopic (exact) mass is 434 g/mol. The number of carbonyl (C=O) groups is 2. The molecule has 10 heteroatoms. The van der Waals surface area contributed by atoms with Crippen molar-refractivity contribution in [2.75, 3.05) is 14.2 Å². The average Bonchev–Trinajstić information content (AvgIpc) is 3.24. The van der Waals surface area contributed by atoms with Crippen LogP contribution >= 0.6 is 0 Å². The third-order valence-corrected chi connectivity index (χ3v) is 5.10. The highest BCUT2D eigenvalue weighted by molar-refractivity contribution is 5.96. The summed E-state index contributed by atoms with van der Waals surface area (Å²) >= 11 is 0. The topological polar surface area (TPSA) is 117 Å². The lowest BCUT2D eigenvalue weighted by atomic mass is 10.00. The fourth-order valence-corrected chi connectivity index (χ4v) is 3.61. The molecule has 32 heavy (non-hydrogen) atoms. The summed E-state index contributed by atoms with van der Waals surface area (Å²) in [4.78, 5) is 36.8. The summed E-state index contributed by atoms with van der Waals surface area (Å²) in [6, 6.07) is 11.9. The Labute approximate surface area is 182 Å². The molecular weight excluding hydrogens is 416 g/mol. The Morgan fingerprint density at radius 3 is 2.66 bits per heavy atom. The molecule has 2 aromatic carbocycles. The van der Waals surface area contributed by atoms with E-state index in [-0.39, 0.29) is 11.4 Å². The number of fused-ring (bicyclic) bond motifs is 2. The number of benzene rings is 2. The fourth-order valence-electron chi connectivity index (χ4n) is 3.61. The molecule has 0 spiro atoms. The number of carbonyl (C=O) groups excluding carboxylic acids is 2. The van der Waals surface area contributed by atoms with E-state index in [1.165, 1.54) is 32.5 Å². The molecule has 0 radical (unpaired) electrons. The third kappa shape index (κ3) is 3.58. The van der Waals surface area contributed by atoms with Crippen LogP contribution in [0.15, 0.2) is 66.6 Å². The predicted octanol–water partition coefficient (Wildman–Crippen LogP) is 3.01. The van der Waals surface area contributed by atoms with Gasteiger partial charge in [0.1, 0.15) is 5.70 Å². The molecule has 3 aromatic rings. The van der Waals surface area contributed by atoms with E-state index in [2.05, 4.69) is 5.10 Å². The second kappa shape index (κ2) is 8.34. The number of rotatable bonds is 5. The quantitative estimate of drug-likeness (QED) is 0.260. The third-order valence-electron chi connectivity index (χ3n) is 5.10. The minimum atomic E-state index is -0.739. The molecule has 0 N–H and O–H groups in total. The lowest BCUT2D eigenvalue weighted by molar-refractivity contribution is -0.384. The molecule has 1 aromatic heterocycles. The van der Waals surface area contributed by atoms with Crippen molar-refractivity contribution in [2.24, 2.45) is 0 Å². The van der Waals surface area contributed by atoms with Crippen molar-refractivity contribution in [3.05, 3.63) is 87.9 Å². The summed E-state index contributed by atoms with van der Waals surface area (Å²) in [5, 5.41) is 16.2. The zero-order valence-electron chi connectivity index (χ0n) is 17.2. The number of non-ortho nitro benzene ring substituents is 1. The Balaban J connectivity index is 1.93. The summed E-state index contributed by atoms with van der Waals surface area (Å²) in [6.07, 6.45) is 5.34. The first kappa shape index (κ1) is 20.8. The molecule has 0 fully saturated rings. The van der Waals surface area contributed by atoms with Crippen molar-refractivity contribution in [2.45, 2.75) is 6.17 Å². The molecule has 4 rings (SSSR count). The van der Waals surface area contributed by atoms with Crippen molar-refractivity contribution in [1.82, 2.24) is 14.7 Å². The van der Waals surface area contributed by atoms with Crippen molar-refractivity contribution in [3.8, 4) is 0 Å². The Hall–Kier alpha value is -4.47. The number of nitrogens with zero attached hydrogens (tertiary/aromatic N) is 4. The molecule has 1 unspecified atom stereocenters. The fraction of sp³-hybridized carbons (Fsp3) is 0.136. The number of aromatic nitrogens is 2. The molecule has 10 nitrogen and oxygen atoms in total. The largest absolute Gasteiger partial charge is 0.466 e. The second-order valence-electron chi connectivity index (χ2n) is 6.86. The van der Waals surface area contributed by atoms with Gasteiger partial charge in [-0.25, -0.2) is 14.3 Å². The summed E-state index contributed by atoms with van der Waals surface area (Å²) in [5.74, 6) is -1.46. The number of nitro benzene ring substituents is 1. The number of ether oxygens (including phenoxy) is 2. The van der Waals surface area contributed by atoms with E-state index in [1.54, 1.807) is 27.9 Å². The molecule has 1 atom stereocenters. The second-order valence-corrected chi connectivity index (χ2v) is 6.86. The number of nitro groups is 1. The van der Waals surface area contributed by atoms with Gasteiger partial charge in [-0.1, -0.05) is 24.3 Å². The molecule has 0 saturated carbocycles. The highest BCUT2D eigenvalue weighted by Crippen LogP contribution is 2.36. The van der Waals surface area contributed by atoms with Crippen LogP contribution in [0.25, 0.3) is 17.0 Å². The minimum absolute atomic E-state index is 0.0549. The Kier molecular flexibility index (Phi) is 5.42. The highest BCUT2D eigenvalue weighted by Gasteiger charge is 2.33. The zero-order chi connectivity index (χ0) is 22.8. The van der Waals surface area contributed by atoms with E-state index < -0.39 is 23.0 Å². The van der Waals surface area contributed by atoms with Crippen LogP contribution in [0.3, 0.4) is 0 Å². The van der Waals surface area contributed by atoms with Crippen molar-refractivity contribution < 1.29 is 24.0 Å². The van der Waals surface area contributed by atoms with E-state index in [9.17, 15) is 19.7 Å². The molecule has 1 aliphatic rings. The standard InChI is InChI=1S/C22H18N4O6/c1-31-20(27)12-19(22(28)32-2)24-10-9-14-5-3-4-6-17(14)21(24)25-18-8-7-16(26(29)30)11-15(18)13-23-25/h3-13,21H,1-2H3/b19-12-. The lowest BCUT2D eigenvalue weighted by Crippen LogP contribution is -2.35. The van der Waals surface area contributed by atoms with Gasteiger partial charge in [0, 0.05) is 29.3 Å². The van der Waals surface area contributed by atoms with Crippen LogP contribution in [0, 0.1) is 10.1 Å². The van der Waals surface area contributed by atoms with Gasteiger partial charge < -0.3 is 14.4 Å². The van der Waals surface area contributed by atoms with E-state index in [1.807, 2.05) is 24.3 Å². The van der Waals surface area contributed by atoms with Crippen LogP contribution in [-0.4, -0.2) is 45.8 Å². The van der Waals surface area contributed by atoms with Gasteiger partial charge in [-0.15, -0.1) is 0 Å². The molecule has 0 saturated heterocycles. The summed E-state index contributed by atoms with van der Waals surface area (Å²) in [5.41, 5.74) is 2.19. The maximum atomic E-state index is 12.6. The van der Waals surface area contributed by atoms with E-state index in [0.717, 1.165) is 17.2 Å². The summed E-state index contributed by atoms with van der Waals surface area (Å²) < 4.78 is 11.2. The molecule has 0 amide bonds. The zero-order valence-corrected chi connectivity index (χ0v) is 17.2. The van der Waals surface area contributed by atoms with Gasteiger partial charge in [-0.3, -0.25) is 10.1 Å². The van der Waals surface area contributed by atoms with E-state index in [0.29, 0.717) is 10.9 Å².